The zero-order valence-corrected chi connectivity index (χ0v) is 21.0. The fourth-order valence-electron chi connectivity index (χ4n) is 4.33. The van der Waals surface area contributed by atoms with E-state index < -0.39 is 7.14 Å². The van der Waals surface area contributed by atoms with E-state index in [2.05, 4.69) is 6.08 Å². The lowest BCUT2D eigenvalue weighted by molar-refractivity contribution is -0.162. The first-order chi connectivity index (χ1) is 16.3. The molecule has 1 aliphatic rings. The van der Waals surface area contributed by atoms with Crippen LogP contribution < -0.4 is 10.6 Å². The Morgan fingerprint density at radius 3 is 1.94 bits per heavy atom. The van der Waals surface area contributed by atoms with Crippen molar-refractivity contribution >= 4 is 17.8 Å². The Labute approximate surface area is 201 Å². The summed E-state index contributed by atoms with van der Waals surface area (Å²) >= 11 is 0. The molecule has 3 rings (SSSR count). The van der Waals surface area contributed by atoms with Gasteiger partial charge in [0, 0.05) is 23.8 Å². The Hall–Kier alpha value is -1.67. The highest BCUT2D eigenvalue weighted by atomic mass is 31.2. The molecule has 0 aliphatic carbocycles. The minimum atomic E-state index is -2.71. The van der Waals surface area contributed by atoms with Crippen molar-refractivity contribution in [3.05, 3.63) is 72.6 Å². The smallest absolute Gasteiger partial charge is 0.163 e. The van der Waals surface area contributed by atoms with Gasteiger partial charge in [-0.1, -0.05) is 105 Å². The normalized spacial score (nSPS) is 16.9. The standard InChI is InChI=1S/C29H41O3P/c30-33(27-19-11-9-12-20-27,28-21-13-10-14-22-28)26-18-8-6-4-2-1-3-5-7-16-24-31-29-23-15-17-25-32-29/h9-14,18-22,26,29H,1-8,15-17,23-25H2. The van der Waals surface area contributed by atoms with Gasteiger partial charge in [-0.2, -0.15) is 0 Å². The van der Waals surface area contributed by atoms with Crippen molar-refractivity contribution in [2.45, 2.75) is 83.3 Å². The van der Waals surface area contributed by atoms with Crippen LogP contribution in [0.15, 0.2) is 72.6 Å². The molecule has 0 radical (unpaired) electrons. The van der Waals surface area contributed by atoms with Gasteiger partial charge in [0.1, 0.15) is 0 Å². The fraction of sp³-hybridized carbons (Fsp3) is 0.517. The second-order valence-electron chi connectivity index (χ2n) is 9.00. The first-order valence-corrected chi connectivity index (χ1v) is 14.7. The van der Waals surface area contributed by atoms with E-state index in [0.29, 0.717) is 0 Å². The van der Waals surface area contributed by atoms with Gasteiger partial charge in [-0.15, -0.1) is 0 Å². The Balaban J connectivity index is 1.26. The third kappa shape index (κ3) is 9.24. The molecule has 1 aliphatic heterocycles. The second kappa shape index (κ2) is 15.3. The third-order valence-corrected chi connectivity index (χ3v) is 9.06. The van der Waals surface area contributed by atoms with Crippen molar-refractivity contribution in [2.75, 3.05) is 13.2 Å². The van der Waals surface area contributed by atoms with Crippen molar-refractivity contribution in [2.24, 2.45) is 0 Å². The van der Waals surface area contributed by atoms with Gasteiger partial charge in [-0.25, -0.2) is 0 Å². The highest BCUT2D eigenvalue weighted by Gasteiger charge is 2.23. The van der Waals surface area contributed by atoms with Gasteiger partial charge in [0.05, 0.1) is 0 Å². The van der Waals surface area contributed by atoms with E-state index in [0.717, 1.165) is 49.5 Å². The zero-order chi connectivity index (χ0) is 23.0. The zero-order valence-electron chi connectivity index (χ0n) is 20.1. The maximum absolute atomic E-state index is 13.9. The molecule has 180 valence electrons. The quantitative estimate of drug-likeness (QED) is 0.200. The monoisotopic (exact) mass is 468 g/mol. The molecule has 1 fully saturated rings. The van der Waals surface area contributed by atoms with E-state index in [1.165, 1.54) is 51.4 Å². The van der Waals surface area contributed by atoms with Crippen LogP contribution in [-0.2, 0) is 14.0 Å². The molecule has 4 heteroatoms. The minimum absolute atomic E-state index is 0.0575. The van der Waals surface area contributed by atoms with Crippen molar-refractivity contribution in [3.63, 3.8) is 0 Å². The molecule has 0 amide bonds. The Morgan fingerprint density at radius 1 is 0.788 bits per heavy atom. The molecule has 33 heavy (non-hydrogen) atoms. The maximum Gasteiger partial charge on any atom is 0.163 e. The molecule has 0 aromatic heterocycles. The molecule has 2 aromatic carbocycles. The molecule has 1 saturated heterocycles. The highest BCUT2D eigenvalue weighted by Crippen LogP contribution is 2.45. The van der Waals surface area contributed by atoms with Gasteiger partial charge in [0.25, 0.3) is 0 Å². The molecule has 0 bridgehead atoms. The molecule has 3 nitrogen and oxygen atoms in total. The number of ether oxygens (including phenoxy) is 2. The summed E-state index contributed by atoms with van der Waals surface area (Å²) in [5.74, 6) is 1.97. The Kier molecular flexibility index (Phi) is 12.0. The van der Waals surface area contributed by atoms with E-state index in [-0.39, 0.29) is 6.29 Å². The van der Waals surface area contributed by atoms with Crippen LogP contribution in [0.2, 0.25) is 0 Å². The summed E-state index contributed by atoms with van der Waals surface area (Å²) in [5, 5.41) is 1.81. The maximum atomic E-state index is 13.9. The van der Waals surface area contributed by atoms with E-state index >= 15 is 0 Å². The summed E-state index contributed by atoms with van der Waals surface area (Å²) in [6, 6.07) is 19.7. The summed E-state index contributed by atoms with van der Waals surface area (Å²) in [6.07, 6.45) is 16.7. The minimum Gasteiger partial charge on any atom is -0.353 e. The Morgan fingerprint density at radius 2 is 1.36 bits per heavy atom. The molecule has 0 spiro atoms. The summed E-state index contributed by atoms with van der Waals surface area (Å²) < 4.78 is 25.3. The van der Waals surface area contributed by atoms with Gasteiger partial charge >= 0.3 is 0 Å². The lowest BCUT2D eigenvalue weighted by atomic mass is 10.1. The van der Waals surface area contributed by atoms with Crippen LogP contribution in [0.1, 0.15) is 77.0 Å². The van der Waals surface area contributed by atoms with Crippen LogP contribution in [0.5, 0.6) is 0 Å². The van der Waals surface area contributed by atoms with Crippen LogP contribution in [0.25, 0.3) is 0 Å². The highest BCUT2D eigenvalue weighted by molar-refractivity contribution is 7.81. The third-order valence-electron chi connectivity index (χ3n) is 6.30. The molecule has 1 heterocycles. The number of allylic oxidation sites excluding steroid dienone is 1. The molecule has 0 saturated carbocycles. The summed E-state index contributed by atoms with van der Waals surface area (Å²) in [4.78, 5) is 0. The van der Waals surface area contributed by atoms with Crippen molar-refractivity contribution in [1.82, 2.24) is 0 Å². The van der Waals surface area contributed by atoms with Gasteiger partial charge in [0.15, 0.2) is 13.4 Å². The van der Waals surface area contributed by atoms with Crippen LogP contribution >= 0.6 is 7.14 Å². The molecule has 0 N–H and O–H groups in total. The first kappa shape index (κ1) is 25.9. The number of hydrogen-bond donors (Lipinski definition) is 0. The Bertz CT molecular complexity index is 785. The van der Waals surface area contributed by atoms with Crippen LogP contribution in [0.4, 0.5) is 0 Å². The van der Waals surface area contributed by atoms with Crippen molar-refractivity contribution in [3.8, 4) is 0 Å². The van der Waals surface area contributed by atoms with E-state index in [1.54, 1.807) is 0 Å². The number of hydrogen-bond acceptors (Lipinski definition) is 3. The largest absolute Gasteiger partial charge is 0.353 e. The topological polar surface area (TPSA) is 35.5 Å². The van der Waals surface area contributed by atoms with Crippen molar-refractivity contribution < 1.29 is 14.0 Å². The lowest BCUT2D eigenvalue weighted by Gasteiger charge is -2.22. The van der Waals surface area contributed by atoms with Crippen molar-refractivity contribution in [1.29, 1.82) is 0 Å². The predicted octanol–water partition coefficient (Wildman–Crippen LogP) is 7.57. The van der Waals surface area contributed by atoms with E-state index in [4.69, 9.17) is 9.47 Å². The molecular formula is C29H41O3P. The molecule has 2 aromatic rings. The van der Waals surface area contributed by atoms with Crippen LogP contribution in [-0.4, -0.2) is 19.5 Å². The summed E-state index contributed by atoms with van der Waals surface area (Å²) in [7, 11) is -2.71. The summed E-state index contributed by atoms with van der Waals surface area (Å²) in [6.45, 7) is 1.70. The lowest BCUT2D eigenvalue weighted by Crippen LogP contribution is -2.22. The van der Waals surface area contributed by atoms with E-state index in [9.17, 15) is 4.57 Å². The predicted molar refractivity (Wildman–Crippen MR) is 140 cm³/mol. The summed E-state index contributed by atoms with van der Waals surface area (Å²) in [5.41, 5.74) is 0. The van der Waals surface area contributed by atoms with Gasteiger partial charge in [0.2, 0.25) is 0 Å². The first-order valence-electron chi connectivity index (χ1n) is 12.9. The number of benzene rings is 2. The van der Waals surface area contributed by atoms with Gasteiger partial charge in [-0.3, -0.25) is 0 Å². The molecule has 1 unspecified atom stereocenters. The second-order valence-corrected chi connectivity index (χ2v) is 11.6. The fourth-order valence-corrected chi connectivity index (χ4v) is 6.64. The van der Waals surface area contributed by atoms with E-state index in [1.807, 2.05) is 66.5 Å². The van der Waals surface area contributed by atoms with Crippen LogP contribution in [0.3, 0.4) is 0 Å². The number of rotatable bonds is 15. The van der Waals surface area contributed by atoms with Gasteiger partial charge in [-0.05, 0) is 44.3 Å². The SMILES string of the molecule is O=P(C=CCCCCCCCCCCOC1CCCCO1)(c1ccccc1)c1ccccc1. The average Bonchev–Trinajstić information content (AvgIpc) is 2.88. The molecular weight excluding hydrogens is 427 g/mol. The average molecular weight is 469 g/mol. The van der Waals surface area contributed by atoms with Gasteiger partial charge < -0.3 is 14.0 Å². The van der Waals surface area contributed by atoms with Crippen LogP contribution in [0, 0.1) is 0 Å². The molecule has 1 atom stereocenters. The number of unbranched alkanes of at least 4 members (excludes halogenated alkanes) is 8.